The number of hydrogen-bond donors (Lipinski definition) is 3. The Morgan fingerprint density at radius 2 is 1.60 bits per heavy atom. The second-order valence-electron chi connectivity index (χ2n) is 15.5. The van der Waals surface area contributed by atoms with Crippen molar-refractivity contribution in [3.8, 4) is 0 Å². The summed E-state index contributed by atoms with van der Waals surface area (Å²) < 4.78 is 24.2. The highest BCUT2D eigenvalue weighted by molar-refractivity contribution is 5.94. The highest BCUT2D eigenvalue weighted by Gasteiger charge is 2.78. The van der Waals surface area contributed by atoms with Gasteiger partial charge in [0.1, 0.15) is 30.0 Å². The number of hydrogen-bond acceptors (Lipinski definition) is 11. The SMILES string of the molecule is CC(=O)O[C@@]12CO[C@@H]1C[C@H](O)[C@@]1(C)C(=O)[C@H](O)C3=C(C)[C@@H](OC(=O)/C=C/c4ccc5ccccc5c4)C[C@@](O)([C@@H](OC(=O)c4ccccc4)[C@H]21)C3(C)C. The molecule has 3 aliphatic carbocycles. The third kappa shape index (κ3) is 5.64. The lowest BCUT2D eigenvalue weighted by atomic mass is 9.44. The summed E-state index contributed by atoms with van der Waals surface area (Å²) in [5, 5.41) is 39.2. The van der Waals surface area contributed by atoms with E-state index in [4.69, 9.17) is 18.9 Å². The first-order valence-corrected chi connectivity index (χ1v) is 17.8. The van der Waals surface area contributed by atoms with Crippen LogP contribution in [0.1, 0.15) is 63.4 Å². The molecule has 11 nitrogen and oxygen atoms in total. The molecule has 1 aliphatic heterocycles. The number of ether oxygens (including phenoxy) is 4. The number of aliphatic hydroxyl groups is 3. The molecule has 278 valence electrons. The molecular formula is C42H44O11. The van der Waals surface area contributed by atoms with Gasteiger partial charge in [-0.05, 0) is 65.6 Å². The van der Waals surface area contributed by atoms with Crippen molar-refractivity contribution >= 4 is 40.5 Å². The van der Waals surface area contributed by atoms with Crippen molar-refractivity contribution in [2.45, 2.75) is 89.2 Å². The number of esters is 3. The fourth-order valence-corrected chi connectivity index (χ4v) is 9.43. The van der Waals surface area contributed by atoms with Gasteiger partial charge in [-0.25, -0.2) is 9.59 Å². The van der Waals surface area contributed by atoms with E-state index in [1.807, 2.05) is 42.5 Å². The molecule has 3 N–H and O–H groups in total. The molecule has 0 aromatic heterocycles. The topological polar surface area (TPSA) is 166 Å². The van der Waals surface area contributed by atoms with Crippen molar-refractivity contribution in [3.05, 3.63) is 101 Å². The molecule has 0 unspecified atom stereocenters. The van der Waals surface area contributed by atoms with Crippen molar-refractivity contribution in [3.63, 3.8) is 0 Å². The zero-order valence-corrected chi connectivity index (χ0v) is 30.3. The predicted octanol–water partition coefficient (Wildman–Crippen LogP) is 4.50. The number of fused-ring (bicyclic) bond motifs is 6. The van der Waals surface area contributed by atoms with E-state index in [1.54, 1.807) is 45.0 Å². The zero-order valence-electron chi connectivity index (χ0n) is 30.3. The maximum absolute atomic E-state index is 14.8. The molecule has 53 heavy (non-hydrogen) atoms. The smallest absolute Gasteiger partial charge is 0.338 e. The van der Waals surface area contributed by atoms with Gasteiger partial charge in [-0.2, -0.15) is 0 Å². The van der Waals surface area contributed by atoms with Gasteiger partial charge in [-0.1, -0.05) is 68.4 Å². The number of carbonyl (C=O) groups excluding carboxylic acids is 4. The van der Waals surface area contributed by atoms with Crippen molar-refractivity contribution in [2.75, 3.05) is 6.61 Å². The molecule has 4 aliphatic rings. The number of benzene rings is 3. The third-order valence-corrected chi connectivity index (χ3v) is 12.4. The highest BCUT2D eigenvalue weighted by atomic mass is 16.6. The normalized spacial score (nSPS) is 34.6. The van der Waals surface area contributed by atoms with Crippen LogP contribution in [0.5, 0.6) is 0 Å². The molecule has 1 heterocycles. The van der Waals surface area contributed by atoms with Crippen LogP contribution in [-0.2, 0) is 33.3 Å². The largest absolute Gasteiger partial charge is 0.455 e. The van der Waals surface area contributed by atoms with Crippen molar-refractivity contribution in [1.29, 1.82) is 0 Å². The molecule has 9 atom stereocenters. The summed E-state index contributed by atoms with van der Waals surface area (Å²) in [5.74, 6) is -4.53. The standard InChI is InChI=1S/C42H44O11/c1-23-29(51-32(45)18-16-25-15-17-26-11-9-10-14-28(26)19-25)21-42(49)37(52-38(48)27-12-7-6-8-13-27)35-40(5,36(47)34(46)33(23)39(42,3)4)30(44)20-31-41(35,22-50-31)53-24(2)43/h6-19,29-31,34-35,37,44,46,49H,20-22H2,1-5H3/b18-16+/t29-,30-,31+,34+,35-,37-,40+,41-,42+/m0/s1. The average molecular weight is 725 g/mol. The monoisotopic (exact) mass is 724 g/mol. The van der Waals surface area contributed by atoms with Gasteiger partial charge in [0.2, 0.25) is 0 Å². The zero-order chi connectivity index (χ0) is 38.1. The summed E-state index contributed by atoms with van der Waals surface area (Å²) in [5.41, 5.74) is -5.92. The molecule has 2 bridgehead atoms. The van der Waals surface area contributed by atoms with E-state index in [-0.39, 0.29) is 30.6 Å². The Hall–Kier alpha value is -4.68. The summed E-state index contributed by atoms with van der Waals surface area (Å²) in [4.78, 5) is 55.1. The summed E-state index contributed by atoms with van der Waals surface area (Å²) in [6.45, 7) is 7.29. The van der Waals surface area contributed by atoms with E-state index in [0.29, 0.717) is 5.57 Å². The van der Waals surface area contributed by atoms with Gasteiger partial charge in [-0.3, -0.25) is 9.59 Å². The van der Waals surface area contributed by atoms with Crippen molar-refractivity contribution in [1.82, 2.24) is 0 Å². The quantitative estimate of drug-likeness (QED) is 0.142. The first kappa shape index (κ1) is 36.7. The summed E-state index contributed by atoms with van der Waals surface area (Å²) in [6.07, 6.45) is -4.69. The van der Waals surface area contributed by atoms with Gasteiger partial charge >= 0.3 is 17.9 Å². The Morgan fingerprint density at radius 1 is 0.925 bits per heavy atom. The second kappa shape index (κ2) is 13.0. The molecular weight excluding hydrogens is 680 g/mol. The van der Waals surface area contributed by atoms with Crippen LogP contribution in [0.3, 0.4) is 0 Å². The fraction of sp³-hybridized carbons (Fsp3) is 0.429. The first-order valence-electron chi connectivity index (χ1n) is 17.8. The van der Waals surface area contributed by atoms with Crippen LogP contribution in [0.25, 0.3) is 16.8 Å². The van der Waals surface area contributed by atoms with E-state index in [2.05, 4.69) is 0 Å². The lowest BCUT2D eigenvalue weighted by Crippen LogP contribution is -2.81. The number of Topliss-reactive ketones (excluding diaryl/α,β-unsaturated/α-hetero) is 1. The van der Waals surface area contributed by atoms with E-state index in [9.17, 15) is 34.5 Å². The number of carbonyl (C=O) groups is 4. The van der Waals surface area contributed by atoms with Crippen LogP contribution in [0.2, 0.25) is 0 Å². The van der Waals surface area contributed by atoms with Crippen LogP contribution in [0, 0.1) is 16.7 Å². The maximum Gasteiger partial charge on any atom is 0.338 e. The van der Waals surface area contributed by atoms with Gasteiger partial charge in [-0.15, -0.1) is 0 Å². The minimum atomic E-state index is -2.18. The van der Waals surface area contributed by atoms with Crippen molar-refractivity contribution in [2.24, 2.45) is 16.7 Å². The number of ketones is 1. The van der Waals surface area contributed by atoms with E-state index < -0.39 is 82.2 Å². The van der Waals surface area contributed by atoms with Crippen molar-refractivity contribution < 1.29 is 53.4 Å². The molecule has 3 aromatic rings. The van der Waals surface area contributed by atoms with Gasteiger partial charge in [0.05, 0.1) is 29.6 Å². The van der Waals surface area contributed by atoms with Gasteiger partial charge in [0.25, 0.3) is 0 Å². The number of rotatable bonds is 6. The molecule has 1 saturated heterocycles. The Labute approximate surface area is 307 Å². The molecule has 0 amide bonds. The summed E-state index contributed by atoms with van der Waals surface area (Å²) >= 11 is 0. The molecule has 0 radical (unpaired) electrons. The Morgan fingerprint density at radius 3 is 2.26 bits per heavy atom. The Bertz CT molecular complexity index is 2050. The Kier molecular flexibility index (Phi) is 9.01. The minimum absolute atomic E-state index is 0.0775. The molecule has 11 heteroatoms. The molecule has 3 aromatic carbocycles. The third-order valence-electron chi connectivity index (χ3n) is 12.4. The van der Waals surface area contributed by atoms with E-state index >= 15 is 0 Å². The molecule has 3 fully saturated rings. The van der Waals surface area contributed by atoms with Gasteiger partial charge in [0.15, 0.2) is 11.4 Å². The van der Waals surface area contributed by atoms with Crippen LogP contribution in [0.15, 0.2) is 90.0 Å². The highest BCUT2D eigenvalue weighted by Crippen LogP contribution is 2.64. The summed E-state index contributed by atoms with van der Waals surface area (Å²) in [7, 11) is 0. The Balaban J connectivity index is 1.35. The van der Waals surface area contributed by atoms with Crippen LogP contribution in [0.4, 0.5) is 0 Å². The fourth-order valence-electron chi connectivity index (χ4n) is 9.43. The van der Waals surface area contributed by atoms with Crippen LogP contribution in [-0.4, -0.2) is 87.3 Å². The van der Waals surface area contributed by atoms with Crippen LogP contribution >= 0.6 is 0 Å². The van der Waals surface area contributed by atoms with Crippen LogP contribution < -0.4 is 0 Å². The maximum atomic E-state index is 14.8. The molecule has 0 spiro atoms. The molecule has 2 saturated carbocycles. The van der Waals surface area contributed by atoms with Gasteiger partial charge < -0.3 is 34.3 Å². The second-order valence-corrected chi connectivity index (χ2v) is 15.5. The molecule has 7 rings (SSSR count). The lowest BCUT2D eigenvalue weighted by molar-refractivity contribution is -0.345. The van der Waals surface area contributed by atoms with E-state index in [0.717, 1.165) is 16.3 Å². The average Bonchev–Trinajstić information content (AvgIpc) is 3.12. The minimum Gasteiger partial charge on any atom is -0.455 e. The first-order chi connectivity index (χ1) is 25.0. The summed E-state index contributed by atoms with van der Waals surface area (Å²) in [6, 6.07) is 21.6. The van der Waals surface area contributed by atoms with Gasteiger partial charge in [0, 0.05) is 31.3 Å². The lowest BCUT2D eigenvalue weighted by Gasteiger charge is -2.67. The van der Waals surface area contributed by atoms with E-state index in [1.165, 1.54) is 32.1 Å². The number of aliphatic hydroxyl groups excluding tert-OH is 2. The predicted molar refractivity (Wildman–Crippen MR) is 192 cm³/mol.